The zero-order valence-electron chi connectivity index (χ0n) is 10.7. The van der Waals surface area contributed by atoms with Crippen LogP contribution in [-0.2, 0) is 6.54 Å². The fourth-order valence-electron chi connectivity index (χ4n) is 1.60. The van der Waals surface area contributed by atoms with E-state index in [4.69, 9.17) is 4.74 Å². The Kier molecular flexibility index (Phi) is 4.16. The number of halogens is 1. The molecule has 0 radical (unpaired) electrons. The molecule has 1 N–H and O–H groups in total. The first-order valence-electron chi connectivity index (χ1n) is 5.81. The number of ether oxygens (including phenoxy) is 1. The van der Waals surface area contributed by atoms with E-state index >= 15 is 0 Å². The van der Waals surface area contributed by atoms with Gasteiger partial charge in [-0.15, -0.1) is 11.3 Å². The third-order valence-electron chi connectivity index (χ3n) is 2.70. The van der Waals surface area contributed by atoms with Gasteiger partial charge in [-0.1, -0.05) is 0 Å². The Hall–Kier alpha value is -1.88. The molecule has 1 aromatic carbocycles. The lowest BCUT2D eigenvalue weighted by atomic mass is 10.2. The predicted octanol–water partition coefficient (Wildman–Crippen LogP) is 3.79. The van der Waals surface area contributed by atoms with Crippen LogP contribution in [0.15, 0.2) is 29.6 Å². The van der Waals surface area contributed by atoms with Crippen LogP contribution in [0.4, 0.5) is 9.18 Å². The van der Waals surface area contributed by atoms with Crippen molar-refractivity contribution < 1.29 is 13.9 Å². The van der Waals surface area contributed by atoms with E-state index in [0.29, 0.717) is 17.9 Å². The van der Waals surface area contributed by atoms with E-state index in [1.165, 1.54) is 18.2 Å². The minimum Gasteiger partial charge on any atom is -0.410 e. The molecule has 0 aliphatic rings. The summed E-state index contributed by atoms with van der Waals surface area (Å²) >= 11 is 1.58. The van der Waals surface area contributed by atoms with Gasteiger partial charge in [0.1, 0.15) is 11.6 Å². The Bertz CT molecular complexity index is 595. The summed E-state index contributed by atoms with van der Waals surface area (Å²) < 4.78 is 18.0. The largest absolute Gasteiger partial charge is 0.412 e. The average Bonchev–Trinajstić information content (AvgIpc) is 2.76. The zero-order chi connectivity index (χ0) is 13.8. The number of carbonyl (C=O) groups is 1. The number of carbonyl (C=O) groups excluding carboxylic acids is 1. The van der Waals surface area contributed by atoms with Gasteiger partial charge in [0.2, 0.25) is 0 Å². The molecule has 0 fully saturated rings. The first-order valence-corrected chi connectivity index (χ1v) is 6.69. The second-order valence-corrected chi connectivity index (χ2v) is 5.18. The minimum absolute atomic E-state index is 0.348. The Balaban J connectivity index is 1.93. The molecule has 3 nitrogen and oxygen atoms in total. The van der Waals surface area contributed by atoms with Crippen LogP contribution in [-0.4, -0.2) is 6.09 Å². The summed E-state index contributed by atoms with van der Waals surface area (Å²) in [6.45, 7) is 4.11. The molecule has 0 spiro atoms. The number of aryl methyl sites for hydroxylation is 2. The molecule has 0 aliphatic heterocycles. The monoisotopic (exact) mass is 279 g/mol. The third-order valence-corrected chi connectivity index (χ3v) is 3.72. The van der Waals surface area contributed by atoms with Crippen LogP contribution in [0.1, 0.15) is 16.0 Å². The molecule has 1 aromatic heterocycles. The number of nitrogens with one attached hydrogen (secondary N) is 1. The van der Waals surface area contributed by atoms with Crippen molar-refractivity contribution in [1.82, 2.24) is 5.32 Å². The standard InChI is InChI=1S/C14H14FNO2S/c1-9-5-6-19-13(9)8-16-14(17)18-12-4-3-11(15)7-10(12)2/h3-7H,8H2,1-2H3,(H,16,17). The molecule has 0 bridgehead atoms. The van der Waals surface area contributed by atoms with Crippen LogP contribution in [0.3, 0.4) is 0 Å². The SMILES string of the molecule is Cc1cc(F)ccc1OC(=O)NCc1sccc1C. The van der Waals surface area contributed by atoms with Crippen molar-refractivity contribution in [2.45, 2.75) is 20.4 Å². The Morgan fingerprint density at radius 1 is 1.32 bits per heavy atom. The van der Waals surface area contributed by atoms with Crippen molar-refractivity contribution in [2.75, 3.05) is 0 Å². The van der Waals surface area contributed by atoms with E-state index in [9.17, 15) is 9.18 Å². The third kappa shape index (κ3) is 3.54. The molecule has 0 atom stereocenters. The van der Waals surface area contributed by atoms with Gasteiger partial charge >= 0.3 is 6.09 Å². The molecule has 1 heterocycles. The van der Waals surface area contributed by atoms with Crippen molar-refractivity contribution in [2.24, 2.45) is 0 Å². The smallest absolute Gasteiger partial charge is 0.410 e. The predicted molar refractivity (Wildman–Crippen MR) is 73.1 cm³/mol. The lowest BCUT2D eigenvalue weighted by Gasteiger charge is -2.08. The molecule has 19 heavy (non-hydrogen) atoms. The lowest BCUT2D eigenvalue weighted by Crippen LogP contribution is -2.26. The summed E-state index contributed by atoms with van der Waals surface area (Å²) in [6.07, 6.45) is -0.539. The molecule has 2 aromatic rings. The number of rotatable bonds is 3. The Morgan fingerprint density at radius 2 is 2.11 bits per heavy atom. The van der Waals surface area contributed by atoms with Crippen LogP contribution >= 0.6 is 11.3 Å². The number of benzene rings is 1. The first-order chi connectivity index (χ1) is 9.06. The van der Waals surface area contributed by atoms with Gasteiger partial charge in [-0.2, -0.15) is 0 Å². The molecule has 0 aliphatic carbocycles. The maximum absolute atomic E-state index is 12.9. The van der Waals surface area contributed by atoms with E-state index in [2.05, 4.69) is 5.32 Å². The van der Waals surface area contributed by atoms with Gasteiger partial charge in [0, 0.05) is 4.88 Å². The van der Waals surface area contributed by atoms with Gasteiger partial charge in [-0.25, -0.2) is 9.18 Å². The number of thiophene rings is 1. The molecule has 0 unspecified atom stereocenters. The highest BCUT2D eigenvalue weighted by Gasteiger charge is 2.08. The van der Waals surface area contributed by atoms with Crippen molar-refractivity contribution >= 4 is 17.4 Å². The van der Waals surface area contributed by atoms with E-state index in [-0.39, 0.29) is 5.82 Å². The van der Waals surface area contributed by atoms with Gasteiger partial charge in [0.05, 0.1) is 6.54 Å². The summed E-state index contributed by atoms with van der Waals surface area (Å²) in [5.41, 5.74) is 1.73. The molecule has 5 heteroatoms. The second kappa shape index (κ2) is 5.84. The van der Waals surface area contributed by atoms with Gasteiger partial charge in [-0.3, -0.25) is 0 Å². The van der Waals surface area contributed by atoms with E-state index in [0.717, 1.165) is 10.4 Å². The molecule has 1 amide bonds. The van der Waals surface area contributed by atoms with Crippen molar-refractivity contribution in [3.05, 3.63) is 51.5 Å². The molecule has 100 valence electrons. The van der Waals surface area contributed by atoms with Crippen molar-refractivity contribution in [3.63, 3.8) is 0 Å². The summed E-state index contributed by atoms with van der Waals surface area (Å²) in [5.74, 6) is 0.0151. The first kappa shape index (κ1) is 13.5. The van der Waals surface area contributed by atoms with Crippen molar-refractivity contribution in [1.29, 1.82) is 0 Å². The highest BCUT2D eigenvalue weighted by atomic mass is 32.1. The maximum atomic E-state index is 12.9. The summed E-state index contributed by atoms with van der Waals surface area (Å²) in [4.78, 5) is 12.7. The second-order valence-electron chi connectivity index (χ2n) is 4.18. The van der Waals surface area contributed by atoms with Gasteiger partial charge in [0.25, 0.3) is 0 Å². The molecular formula is C14H14FNO2S. The zero-order valence-corrected chi connectivity index (χ0v) is 11.5. The summed E-state index contributed by atoms with van der Waals surface area (Å²) in [7, 11) is 0. The van der Waals surface area contributed by atoms with Crippen LogP contribution in [0, 0.1) is 19.7 Å². The van der Waals surface area contributed by atoms with Crippen LogP contribution in [0.25, 0.3) is 0 Å². The molecular weight excluding hydrogens is 265 g/mol. The minimum atomic E-state index is -0.539. The number of amides is 1. The van der Waals surface area contributed by atoms with Crippen molar-refractivity contribution in [3.8, 4) is 5.75 Å². The van der Waals surface area contributed by atoms with Gasteiger partial charge in [0.15, 0.2) is 0 Å². The average molecular weight is 279 g/mol. The van der Waals surface area contributed by atoms with Crippen LogP contribution in [0.2, 0.25) is 0 Å². The number of hydrogen-bond donors (Lipinski definition) is 1. The lowest BCUT2D eigenvalue weighted by molar-refractivity contribution is 0.199. The molecule has 0 saturated carbocycles. The quantitative estimate of drug-likeness (QED) is 0.928. The van der Waals surface area contributed by atoms with E-state index in [1.54, 1.807) is 18.3 Å². The fraction of sp³-hybridized carbons (Fsp3) is 0.214. The van der Waals surface area contributed by atoms with E-state index < -0.39 is 6.09 Å². The topological polar surface area (TPSA) is 38.3 Å². The van der Waals surface area contributed by atoms with Crippen LogP contribution in [0.5, 0.6) is 5.75 Å². The fourth-order valence-corrected chi connectivity index (χ4v) is 2.45. The van der Waals surface area contributed by atoms with E-state index in [1.807, 2.05) is 18.4 Å². The maximum Gasteiger partial charge on any atom is 0.412 e. The van der Waals surface area contributed by atoms with Gasteiger partial charge in [-0.05, 0) is 54.6 Å². The summed E-state index contributed by atoms with van der Waals surface area (Å²) in [6, 6.07) is 6.03. The number of hydrogen-bond acceptors (Lipinski definition) is 3. The van der Waals surface area contributed by atoms with Crippen LogP contribution < -0.4 is 10.1 Å². The molecule has 2 rings (SSSR count). The molecule has 0 saturated heterocycles. The van der Waals surface area contributed by atoms with Gasteiger partial charge < -0.3 is 10.1 Å². The summed E-state index contributed by atoms with van der Waals surface area (Å²) in [5, 5.41) is 4.65. The highest BCUT2D eigenvalue weighted by molar-refractivity contribution is 7.10. The Labute approximate surface area is 115 Å². The normalized spacial score (nSPS) is 10.3. The Morgan fingerprint density at radius 3 is 2.74 bits per heavy atom. The highest BCUT2D eigenvalue weighted by Crippen LogP contribution is 2.19.